The Kier molecular flexibility index (Phi) is 6.68. The van der Waals surface area contributed by atoms with Crippen molar-refractivity contribution < 1.29 is 4.74 Å². The molecule has 0 spiro atoms. The van der Waals surface area contributed by atoms with Gasteiger partial charge in [-0.25, -0.2) is 4.98 Å². The second kappa shape index (κ2) is 8.02. The van der Waals surface area contributed by atoms with Gasteiger partial charge in [-0.3, -0.25) is 0 Å². The molecule has 0 fully saturated rings. The molecule has 0 radical (unpaired) electrons. The highest BCUT2D eigenvalue weighted by molar-refractivity contribution is 5.67. The third kappa shape index (κ3) is 5.75. The molecule has 120 valence electrons. The number of ether oxygens (including phenoxy) is 1. The molecule has 6 heteroatoms. The maximum atomic E-state index is 6.13. The van der Waals surface area contributed by atoms with Crippen LogP contribution in [0.3, 0.4) is 0 Å². The average molecular weight is 295 g/mol. The van der Waals surface area contributed by atoms with Crippen molar-refractivity contribution in [2.24, 2.45) is 5.92 Å². The summed E-state index contributed by atoms with van der Waals surface area (Å²) in [5.74, 6) is 2.53. The van der Waals surface area contributed by atoms with Crippen molar-refractivity contribution in [2.45, 2.75) is 33.6 Å². The highest BCUT2D eigenvalue weighted by atomic mass is 16.5. The van der Waals surface area contributed by atoms with Crippen molar-refractivity contribution in [2.75, 3.05) is 44.8 Å². The van der Waals surface area contributed by atoms with E-state index in [2.05, 4.69) is 47.9 Å². The van der Waals surface area contributed by atoms with Crippen LogP contribution < -0.4 is 15.8 Å². The first-order chi connectivity index (χ1) is 9.81. The van der Waals surface area contributed by atoms with E-state index in [4.69, 9.17) is 10.5 Å². The van der Waals surface area contributed by atoms with E-state index in [9.17, 15) is 0 Å². The number of aromatic nitrogens is 2. The van der Waals surface area contributed by atoms with Gasteiger partial charge in [-0.05, 0) is 20.0 Å². The number of nitrogens with zero attached hydrogens (tertiary/aromatic N) is 3. The number of anilines is 2. The molecule has 1 aromatic rings. The summed E-state index contributed by atoms with van der Waals surface area (Å²) in [7, 11) is 4.06. The molecule has 0 bridgehead atoms. The van der Waals surface area contributed by atoms with Gasteiger partial charge in [0, 0.05) is 19.0 Å². The monoisotopic (exact) mass is 295 g/mol. The van der Waals surface area contributed by atoms with Crippen molar-refractivity contribution in [3.63, 3.8) is 0 Å². The molecule has 6 nitrogen and oxygen atoms in total. The Hall–Kier alpha value is -1.56. The lowest BCUT2D eigenvalue weighted by atomic mass is 10.2. The fourth-order valence-electron chi connectivity index (χ4n) is 1.61. The maximum Gasteiger partial charge on any atom is 0.242 e. The Morgan fingerprint density at radius 2 is 1.86 bits per heavy atom. The minimum Gasteiger partial charge on any atom is -0.476 e. The summed E-state index contributed by atoms with van der Waals surface area (Å²) in [6, 6.07) is 0. The normalized spacial score (nSPS) is 11.5. The smallest absolute Gasteiger partial charge is 0.242 e. The van der Waals surface area contributed by atoms with E-state index in [1.54, 1.807) is 0 Å². The van der Waals surface area contributed by atoms with Gasteiger partial charge in [-0.2, -0.15) is 4.98 Å². The predicted octanol–water partition coefficient (Wildman–Crippen LogP) is 2.19. The lowest BCUT2D eigenvalue weighted by molar-refractivity contribution is 0.261. The molecule has 0 aliphatic heterocycles. The number of hydrogen-bond donors (Lipinski definition) is 2. The predicted molar refractivity (Wildman–Crippen MR) is 87.9 cm³/mol. The summed E-state index contributed by atoms with van der Waals surface area (Å²) in [5.41, 5.74) is 6.61. The Balaban J connectivity index is 2.93. The van der Waals surface area contributed by atoms with E-state index < -0.39 is 0 Å². The molecule has 0 atom stereocenters. The van der Waals surface area contributed by atoms with Gasteiger partial charge >= 0.3 is 0 Å². The van der Waals surface area contributed by atoms with Gasteiger partial charge in [-0.1, -0.05) is 27.7 Å². The standard InChI is InChI=1S/C15H29N5O/c1-10(2)9-21-15-12(16)14(17-7-8-20(5)6)18-13(19-15)11(3)4/h10-11H,7-9,16H2,1-6H3,(H,17,18,19). The molecule has 1 rings (SSSR count). The zero-order valence-corrected chi connectivity index (χ0v) is 14.1. The van der Waals surface area contributed by atoms with Crippen molar-refractivity contribution in [1.29, 1.82) is 0 Å². The van der Waals surface area contributed by atoms with Gasteiger partial charge in [-0.15, -0.1) is 0 Å². The van der Waals surface area contributed by atoms with E-state index in [1.807, 2.05) is 14.1 Å². The second-order valence-corrected chi connectivity index (χ2v) is 6.24. The van der Waals surface area contributed by atoms with Crippen LogP contribution in [0.4, 0.5) is 11.5 Å². The molecular weight excluding hydrogens is 266 g/mol. The quantitative estimate of drug-likeness (QED) is 0.765. The lowest BCUT2D eigenvalue weighted by Crippen LogP contribution is -2.22. The number of rotatable bonds is 8. The number of nitrogens with one attached hydrogen (secondary N) is 1. The fraction of sp³-hybridized carbons (Fsp3) is 0.733. The molecule has 0 amide bonds. The Morgan fingerprint density at radius 3 is 2.38 bits per heavy atom. The minimum absolute atomic E-state index is 0.224. The summed E-state index contributed by atoms with van der Waals surface area (Å²) < 4.78 is 5.73. The summed E-state index contributed by atoms with van der Waals surface area (Å²) in [6.45, 7) is 10.6. The van der Waals surface area contributed by atoms with Crippen LogP contribution in [0.2, 0.25) is 0 Å². The Morgan fingerprint density at radius 1 is 1.19 bits per heavy atom. The number of nitrogens with two attached hydrogens (primary N) is 1. The van der Waals surface area contributed by atoms with E-state index in [-0.39, 0.29) is 5.92 Å². The summed E-state index contributed by atoms with van der Waals surface area (Å²) >= 11 is 0. The van der Waals surface area contributed by atoms with Crippen LogP contribution in [0.25, 0.3) is 0 Å². The van der Waals surface area contributed by atoms with Gasteiger partial charge in [0.1, 0.15) is 11.5 Å². The van der Waals surface area contributed by atoms with Gasteiger partial charge < -0.3 is 20.7 Å². The lowest BCUT2D eigenvalue weighted by Gasteiger charge is -2.17. The molecule has 0 saturated carbocycles. The Labute approximate surface area is 128 Å². The van der Waals surface area contributed by atoms with E-state index in [1.165, 1.54) is 0 Å². The van der Waals surface area contributed by atoms with Crippen molar-refractivity contribution >= 4 is 11.5 Å². The highest BCUT2D eigenvalue weighted by Crippen LogP contribution is 2.28. The van der Waals surface area contributed by atoms with Crippen LogP contribution in [0, 0.1) is 5.92 Å². The zero-order chi connectivity index (χ0) is 16.0. The average Bonchev–Trinajstić information content (AvgIpc) is 2.38. The largest absolute Gasteiger partial charge is 0.476 e. The van der Waals surface area contributed by atoms with E-state index in [0.717, 1.165) is 18.9 Å². The molecular formula is C15H29N5O. The maximum absolute atomic E-state index is 6.13. The topological polar surface area (TPSA) is 76.3 Å². The van der Waals surface area contributed by atoms with E-state index >= 15 is 0 Å². The molecule has 0 saturated heterocycles. The van der Waals surface area contributed by atoms with Crippen LogP contribution in [0.1, 0.15) is 39.4 Å². The van der Waals surface area contributed by atoms with Crippen LogP contribution in [-0.2, 0) is 0 Å². The zero-order valence-electron chi connectivity index (χ0n) is 14.1. The molecule has 1 aromatic heterocycles. The van der Waals surface area contributed by atoms with Crippen molar-refractivity contribution in [1.82, 2.24) is 14.9 Å². The molecule has 1 heterocycles. The van der Waals surface area contributed by atoms with Crippen LogP contribution in [0.15, 0.2) is 0 Å². The van der Waals surface area contributed by atoms with Gasteiger partial charge in [0.05, 0.1) is 6.61 Å². The first-order valence-electron chi connectivity index (χ1n) is 7.50. The van der Waals surface area contributed by atoms with Gasteiger partial charge in [0.25, 0.3) is 0 Å². The summed E-state index contributed by atoms with van der Waals surface area (Å²) in [6.07, 6.45) is 0. The summed E-state index contributed by atoms with van der Waals surface area (Å²) in [4.78, 5) is 11.1. The van der Waals surface area contributed by atoms with Crippen LogP contribution in [0.5, 0.6) is 5.88 Å². The molecule has 3 N–H and O–H groups in total. The van der Waals surface area contributed by atoms with Crippen molar-refractivity contribution in [3.8, 4) is 5.88 Å². The number of likely N-dealkylation sites (N-methyl/N-ethyl adjacent to an activating group) is 1. The molecule has 0 aliphatic carbocycles. The fourth-order valence-corrected chi connectivity index (χ4v) is 1.61. The first kappa shape index (κ1) is 17.5. The van der Waals surface area contributed by atoms with Crippen LogP contribution in [-0.4, -0.2) is 48.7 Å². The SMILES string of the molecule is CC(C)COc1nc(C(C)C)nc(NCCN(C)C)c1N. The number of nitrogen functional groups attached to an aromatic ring is 1. The third-order valence-electron chi connectivity index (χ3n) is 2.85. The third-order valence-corrected chi connectivity index (χ3v) is 2.85. The first-order valence-corrected chi connectivity index (χ1v) is 7.50. The Bertz CT molecular complexity index is 446. The van der Waals surface area contributed by atoms with E-state index in [0.29, 0.717) is 29.9 Å². The molecule has 0 unspecified atom stereocenters. The second-order valence-electron chi connectivity index (χ2n) is 6.24. The molecule has 21 heavy (non-hydrogen) atoms. The molecule has 0 aliphatic rings. The summed E-state index contributed by atoms with van der Waals surface area (Å²) in [5, 5.41) is 3.27. The van der Waals surface area contributed by atoms with Crippen molar-refractivity contribution in [3.05, 3.63) is 5.82 Å². The minimum atomic E-state index is 0.224. The number of hydrogen-bond acceptors (Lipinski definition) is 6. The molecule has 0 aromatic carbocycles. The van der Waals surface area contributed by atoms with Gasteiger partial charge in [0.2, 0.25) is 5.88 Å². The van der Waals surface area contributed by atoms with Crippen LogP contribution >= 0.6 is 0 Å². The highest BCUT2D eigenvalue weighted by Gasteiger charge is 2.15. The van der Waals surface area contributed by atoms with Gasteiger partial charge in [0.15, 0.2) is 5.82 Å².